The van der Waals surface area contributed by atoms with Crippen LogP contribution < -0.4 is 11.1 Å². The fourth-order valence-corrected chi connectivity index (χ4v) is 1.89. The van der Waals surface area contributed by atoms with Crippen LogP contribution in [0.1, 0.15) is 25.8 Å². The molecule has 1 aromatic carbocycles. The Morgan fingerprint density at radius 2 is 2.26 bits per heavy atom. The summed E-state index contributed by atoms with van der Waals surface area (Å²) in [6.07, 6.45) is 1.28. The van der Waals surface area contributed by atoms with Crippen molar-refractivity contribution in [2.75, 3.05) is 24.2 Å². The van der Waals surface area contributed by atoms with Crippen LogP contribution in [0.3, 0.4) is 0 Å². The van der Waals surface area contributed by atoms with Crippen molar-refractivity contribution in [3.63, 3.8) is 0 Å². The zero-order chi connectivity index (χ0) is 14.0. The van der Waals surface area contributed by atoms with Crippen LogP contribution in [0.15, 0.2) is 18.2 Å². The normalized spacial score (nSPS) is 18.7. The molecule has 1 atom stereocenters. The Balaban J connectivity index is 2.16. The summed E-state index contributed by atoms with van der Waals surface area (Å²) < 4.78 is 5.33. The molecule has 0 amide bonds. The minimum absolute atomic E-state index is 0.232. The van der Waals surface area contributed by atoms with Crippen LogP contribution >= 0.6 is 0 Å². The highest BCUT2D eigenvalue weighted by Crippen LogP contribution is 2.29. The van der Waals surface area contributed by atoms with E-state index in [0.29, 0.717) is 12.2 Å². The summed E-state index contributed by atoms with van der Waals surface area (Å²) in [7, 11) is 0. The fraction of sp³-hybridized carbons (Fsp3) is 0.500. The Morgan fingerprint density at radius 1 is 1.58 bits per heavy atom. The van der Waals surface area contributed by atoms with Crippen LogP contribution in [0.2, 0.25) is 0 Å². The van der Waals surface area contributed by atoms with Gasteiger partial charge < -0.3 is 20.9 Å². The van der Waals surface area contributed by atoms with Gasteiger partial charge in [-0.05, 0) is 38.0 Å². The molecule has 1 aromatic rings. The number of carbonyl (C=O) groups is 1. The molecule has 4 N–H and O–H groups in total. The van der Waals surface area contributed by atoms with Crippen molar-refractivity contribution >= 4 is 17.3 Å². The summed E-state index contributed by atoms with van der Waals surface area (Å²) in [6, 6.07) is 5.31. The van der Waals surface area contributed by atoms with Gasteiger partial charge >= 0.3 is 5.97 Å². The van der Waals surface area contributed by atoms with Gasteiger partial charge in [0.2, 0.25) is 0 Å². The van der Waals surface area contributed by atoms with Crippen molar-refractivity contribution in [2.45, 2.75) is 31.8 Å². The number of aliphatic carboxylic acids is 1. The topological polar surface area (TPSA) is 84.6 Å². The highest BCUT2D eigenvalue weighted by Gasteiger charge is 2.30. The molecule has 1 aliphatic heterocycles. The second-order valence-electron chi connectivity index (χ2n) is 5.39. The molecule has 2 rings (SSSR count). The second-order valence-corrected chi connectivity index (χ2v) is 5.39. The van der Waals surface area contributed by atoms with E-state index < -0.39 is 11.4 Å². The third-order valence-electron chi connectivity index (χ3n) is 3.62. The van der Waals surface area contributed by atoms with Crippen LogP contribution in [0.4, 0.5) is 11.4 Å². The van der Waals surface area contributed by atoms with Gasteiger partial charge in [-0.15, -0.1) is 0 Å². The molecule has 0 saturated carbocycles. The first-order chi connectivity index (χ1) is 8.91. The predicted molar refractivity (Wildman–Crippen MR) is 74.4 cm³/mol. The number of hydrogen-bond acceptors (Lipinski definition) is 4. The van der Waals surface area contributed by atoms with Gasteiger partial charge in [0.1, 0.15) is 0 Å². The van der Waals surface area contributed by atoms with Gasteiger partial charge in [-0.2, -0.15) is 0 Å². The number of nitrogen functional groups attached to an aromatic ring is 1. The number of rotatable bonds is 5. The standard InChI is InChI=1S/C14H20N2O3/c1-14(2,13(17)18)9-3-4-11(15)12(7-9)16-8-10-5-6-19-10/h3-4,7,10,16H,5-6,8,15H2,1-2H3,(H,17,18)/t10-/m0/s1. The van der Waals surface area contributed by atoms with Gasteiger partial charge in [0, 0.05) is 13.2 Å². The number of nitrogens with one attached hydrogen (secondary N) is 1. The second kappa shape index (κ2) is 5.09. The molecule has 5 heteroatoms. The number of hydrogen-bond donors (Lipinski definition) is 3. The van der Waals surface area contributed by atoms with E-state index in [1.54, 1.807) is 26.0 Å². The smallest absolute Gasteiger partial charge is 0.313 e. The lowest BCUT2D eigenvalue weighted by Gasteiger charge is -2.27. The monoisotopic (exact) mass is 264 g/mol. The largest absolute Gasteiger partial charge is 0.481 e. The van der Waals surface area contributed by atoms with E-state index in [4.69, 9.17) is 10.5 Å². The van der Waals surface area contributed by atoms with E-state index in [9.17, 15) is 9.90 Å². The van der Waals surface area contributed by atoms with E-state index in [1.807, 2.05) is 6.07 Å². The first-order valence-electron chi connectivity index (χ1n) is 6.40. The maximum atomic E-state index is 11.3. The molecule has 0 bridgehead atoms. The third kappa shape index (κ3) is 2.81. The molecule has 0 spiro atoms. The molecule has 1 heterocycles. The van der Waals surface area contributed by atoms with Crippen molar-refractivity contribution in [1.29, 1.82) is 0 Å². The average molecular weight is 264 g/mol. The van der Waals surface area contributed by atoms with Crippen molar-refractivity contribution < 1.29 is 14.6 Å². The number of benzene rings is 1. The Kier molecular flexibility index (Phi) is 3.66. The van der Waals surface area contributed by atoms with E-state index in [-0.39, 0.29) is 6.10 Å². The van der Waals surface area contributed by atoms with Gasteiger partial charge in [-0.25, -0.2) is 0 Å². The molecule has 1 fully saturated rings. The van der Waals surface area contributed by atoms with Gasteiger partial charge in [-0.1, -0.05) is 6.07 Å². The summed E-state index contributed by atoms with van der Waals surface area (Å²) in [5, 5.41) is 12.5. The van der Waals surface area contributed by atoms with Gasteiger partial charge in [0.05, 0.1) is 22.9 Å². The van der Waals surface area contributed by atoms with Crippen LogP contribution in [0.5, 0.6) is 0 Å². The van der Waals surface area contributed by atoms with Crippen LogP contribution in [0.25, 0.3) is 0 Å². The number of ether oxygens (including phenoxy) is 1. The predicted octanol–water partition coefficient (Wildman–Crippen LogP) is 1.83. The van der Waals surface area contributed by atoms with Crippen molar-refractivity contribution in [2.24, 2.45) is 0 Å². The number of carboxylic acids is 1. The van der Waals surface area contributed by atoms with Crippen molar-refractivity contribution in [3.05, 3.63) is 23.8 Å². The zero-order valence-electron chi connectivity index (χ0n) is 11.3. The molecule has 104 valence electrons. The van der Waals surface area contributed by atoms with Crippen LogP contribution in [-0.4, -0.2) is 30.3 Å². The first kappa shape index (κ1) is 13.7. The highest BCUT2D eigenvalue weighted by atomic mass is 16.5. The summed E-state index contributed by atoms with van der Waals surface area (Å²) in [5.74, 6) is -0.856. The fourth-order valence-electron chi connectivity index (χ4n) is 1.89. The van der Waals surface area contributed by atoms with Gasteiger partial charge in [-0.3, -0.25) is 4.79 Å². The third-order valence-corrected chi connectivity index (χ3v) is 3.62. The zero-order valence-corrected chi connectivity index (χ0v) is 11.3. The van der Waals surface area contributed by atoms with E-state index >= 15 is 0 Å². The van der Waals surface area contributed by atoms with Gasteiger partial charge in [0.15, 0.2) is 0 Å². The van der Waals surface area contributed by atoms with Crippen LogP contribution in [0, 0.1) is 0 Å². The SMILES string of the molecule is CC(C)(C(=O)O)c1ccc(N)c(NC[C@@H]2CCO2)c1. The quantitative estimate of drug-likeness (QED) is 0.706. The minimum Gasteiger partial charge on any atom is -0.481 e. The Hall–Kier alpha value is -1.75. The lowest BCUT2D eigenvalue weighted by atomic mass is 9.84. The molecule has 5 nitrogen and oxygen atoms in total. The van der Waals surface area contributed by atoms with Gasteiger partial charge in [0.25, 0.3) is 0 Å². The minimum atomic E-state index is -0.933. The molecule has 0 aliphatic carbocycles. The molecule has 0 aromatic heterocycles. The number of carboxylic acid groups (broad SMARTS) is 1. The van der Waals surface area contributed by atoms with Crippen molar-refractivity contribution in [3.8, 4) is 0 Å². The Bertz CT molecular complexity index is 482. The maximum absolute atomic E-state index is 11.3. The maximum Gasteiger partial charge on any atom is 0.313 e. The number of nitrogens with two attached hydrogens (primary N) is 1. The van der Waals surface area contributed by atoms with E-state index in [2.05, 4.69) is 5.32 Å². The molecule has 1 saturated heterocycles. The Morgan fingerprint density at radius 3 is 2.79 bits per heavy atom. The van der Waals surface area contributed by atoms with Crippen LogP contribution in [-0.2, 0) is 14.9 Å². The van der Waals surface area contributed by atoms with E-state index in [1.165, 1.54) is 0 Å². The van der Waals surface area contributed by atoms with Crippen molar-refractivity contribution in [1.82, 2.24) is 0 Å². The van der Waals surface area contributed by atoms with E-state index in [0.717, 1.165) is 24.3 Å². The summed E-state index contributed by atoms with van der Waals surface area (Å²) >= 11 is 0. The average Bonchev–Trinajstić information content (AvgIpc) is 2.28. The summed E-state index contributed by atoms with van der Waals surface area (Å²) in [4.78, 5) is 11.3. The lowest BCUT2D eigenvalue weighted by molar-refractivity contribution is -0.142. The first-order valence-corrected chi connectivity index (χ1v) is 6.40. The highest BCUT2D eigenvalue weighted by molar-refractivity contribution is 5.81. The Labute approximate surface area is 112 Å². The summed E-state index contributed by atoms with van der Waals surface area (Å²) in [6.45, 7) is 4.87. The molecular weight excluding hydrogens is 244 g/mol. The molecule has 0 unspecified atom stereocenters. The molecule has 0 radical (unpaired) electrons. The number of anilines is 2. The molecular formula is C14H20N2O3. The molecule has 1 aliphatic rings. The lowest BCUT2D eigenvalue weighted by Crippen LogP contribution is -2.33. The molecule has 19 heavy (non-hydrogen) atoms. The summed E-state index contributed by atoms with van der Waals surface area (Å²) in [5.41, 5.74) is 7.08.